The number of nitrogen functional groups attached to an aromatic ring is 1. The van der Waals surface area contributed by atoms with Crippen molar-refractivity contribution < 1.29 is 23.1 Å². The summed E-state index contributed by atoms with van der Waals surface area (Å²) < 4.78 is 37.3. The predicted molar refractivity (Wildman–Crippen MR) is 65.8 cm³/mol. The SMILES string of the molecule is CC(C)(CNc1ccc(C(F)(F)F)cc1N)C(=O)O. The summed E-state index contributed by atoms with van der Waals surface area (Å²) in [7, 11) is 0. The highest BCUT2D eigenvalue weighted by atomic mass is 19.4. The molecule has 106 valence electrons. The topological polar surface area (TPSA) is 75.3 Å². The second kappa shape index (κ2) is 4.99. The number of carboxylic acid groups (broad SMARTS) is 1. The first kappa shape index (κ1) is 15.1. The fourth-order valence-corrected chi connectivity index (χ4v) is 1.29. The van der Waals surface area contributed by atoms with Crippen LogP contribution in [0.4, 0.5) is 24.5 Å². The van der Waals surface area contributed by atoms with E-state index in [2.05, 4.69) is 5.32 Å². The number of carbonyl (C=O) groups is 1. The highest BCUT2D eigenvalue weighted by Crippen LogP contribution is 2.33. The van der Waals surface area contributed by atoms with Gasteiger partial charge in [0.25, 0.3) is 0 Å². The molecule has 0 fully saturated rings. The van der Waals surface area contributed by atoms with Crippen LogP contribution in [-0.2, 0) is 11.0 Å². The van der Waals surface area contributed by atoms with Gasteiger partial charge < -0.3 is 16.2 Å². The van der Waals surface area contributed by atoms with Crippen molar-refractivity contribution in [2.24, 2.45) is 5.41 Å². The fraction of sp³-hybridized carbons (Fsp3) is 0.417. The van der Waals surface area contributed by atoms with Gasteiger partial charge in [0.2, 0.25) is 0 Å². The first-order valence-electron chi connectivity index (χ1n) is 5.48. The molecule has 1 aromatic carbocycles. The fourth-order valence-electron chi connectivity index (χ4n) is 1.29. The summed E-state index contributed by atoms with van der Waals surface area (Å²) in [5, 5.41) is 11.7. The lowest BCUT2D eigenvalue weighted by Crippen LogP contribution is -2.32. The van der Waals surface area contributed by atoms with Crippen LogP contribution in [0.1, 0.15) is 19.4 Å². The molecule has 0 heterocycles. The summed E-state index contributed by atoms with van der Waals surface area (Å²) >= 11 is 0. The Labute approximate surface area is 108 Å². The normalized spacial score (nSPS) is 12.3. The summed E-state index contributed by atoms with van der Waals surface area (Å²) in [6, 6.07) is 2.90. The number of hydrogen-bond donors (Lipinski definition) is 3. The summed E-state index contributed by atoms with van der Waals surface area (Å²) in [6.45, 7) is 3.06. The molecule has 7 heteroatoms. The maximum Gasteiger partial charge on any atom is 0.416 e. The average molecular weight is 276 g/mol. The number of nitrogens with one attached hydrogen (secondary N) is 1. The van der Waals surface area contributed by atoms with Crippen LogP contribution in [0.3, 0.4) is 0 Å². The molecule has 0 amide bonds. The third kappa shape index (κ3) is 3.77. The lowest BCUT2D eigenvalue weighted by molar-refractivity contribution is -0.146. The number of rotatable bonds is 4. The van der Waals surface area contributed by atoms with E-state index in [0.717, 1.165) is 12.1 Å². The molecule has 0 bridgehead atoms. The van der Waals surface area contributed by atoms with Crippen LogP contribution in [0.15, 0.2) is 18.2 Å². The number of nitrogens with two attached hydrogens (primary N) is 1. The van der Waals surface area contributed by atoms with Gasteiger partial charge in [-0.15, -0.1) is 0 Å². The Morgan fingerprint density at radius 2 is 1.95 bits per heavy atom. The van der Waals surface area contributed by atoms with Crippen LogP contribution in [0.5, 0.6) is 0 Å². The number of halogens is 3. The van der Waals surface area contributed by atoms with Crippen molar-refractivity contribution in [2.45, 2.75) is 20.0 Å². The van der Waals surface area contributed by atoms with Crippen molar-refractivity contribution >= 4 is 17.3 Å². The van der Waals surface area contributed by atoms with Crippen molar-refractivity contribution in [2.75, 3.05) is 17.6 Å². The van der Waals surface area contributed by atoms with E-state index in [1.165, 1.54) is 19.9 Å². The van der Waals surface area contributed by atoms with Crippen molar-refractivity contribution in [3.63, 3.8) is 0 Å². The van der Waals surface area contributed by atoms with Gasteiger partial charge in [0.1, 0.15) is 0 Å². The molecule has 0 aliphatic heterocycles. The van der Waals surface area contributed by atoms with Crippen LogP contribution in [-0.4, -0.2) is 17.6 Å². The van der Waals surface area contributed by atoms with Crippen molar-refractivity contribution in [1.29, 1.82) is 0 Å². The zero-order valence-corrected chi connectivity index (χ0v) is 10.5. The van der Waals surface area contributed by atoms with E-state index in [0.29, 0.717) is 0 Å². The molecule has 0 saturated carbocycles. The van der Waals surface area contributed by atoms with Gasteiger partial charge in [-0.3, -0.25) is 4.79 Å². The summed E-state index contributed by atoms with van der Waals surface area (Å²) in [4.78, 5) is 10.9. The molecule has 0 aliphatic rings. The molecule has 0 aliphatic carbocycles. The number of aliphatic carboxylic acids is 1. The zero-order chi connectivity index (χ0) is 14.8. The molecule has 0 unspecified atom stereocenters. The monoisotopic (exact) mass is 276 g/mol. The van der Waals surface area contributed by atoms with Crippen LogP contribution in [0.2, 0.25) is 0 Å². The zero-order valence-electron chi connectivity index (χ0n) is 10.5. The molecule has 19 heavy (non-hydrogen) atoms. The van der Waals surface area contributed by atoms with E-state index in [4.69, 9.17) is 10.8 Å². The van der Waals surface area contributed by atoms with Gasteiger partial charge in [-0.25, -0.2) is 0 Å². The van der Waals surface area contributed by atoms with Gasteiger partial charge >= 0.3 is 12.1 Å². The van der Waals surface area contributed by atoms with E-state index < -0.39 is 23.1 Å². The first-order valence-corrected chi connectivity index (χ1v) is 5.48. The first-order chi connectivity index (χ1) is 8.54. The summed E-state index contributed by atoms with van der Waals surface area (Å²) in [6.07, 6.45) is -4.45. The van der Waals surface area contributed by atoms with Crippen LogP contribution in [0, 0.1) is 5.41 Å². The minimum Gasteiger partial charge on any atom is -0.481 e. The van der Waals surface area contributed by atoms with E-state index in [-0.39, 0.29) is 17.9 Å². The molecule has 4 nitrogen and oxygen atoms in total. The van der Waals surface area contributed by atoms with E-state index in [1.807, 2.05) is 0 Å². The Morgan fingerprint density at radius 3 is 2.37 bits per heavy atom. The third-order valence-corrected chi connectivity index (χ3v) is 2.68. The quantitative estimate of drug-likeness (QED) is 0.739. The Hall–Kier alpha value is -1.92. The number of carboxylic acids is 1. The van der Waals surface area contributed by atoms with Gasteiger partial charge in [0.15, 0.2) is 0 Å². The smallest absolute Gasteiger partial charge is 0.416 e. The largest absolute Gasteiger partial charge is 0.481 e. The van der Waals surface area contributed by atoms with Crippen LogP contribution >= 0.6 is 0 Å². The molecule has 0 aromatic heterocycles. The van der Waals surface area contributed by atoms with Gasteiger partial charge in [0, 0.05) is 6.54 Å². The molecule has 0 saturated heterocycles. The standard InChI is InChI=1S/C12H15F3N2O2/c1-11(2,10(18)19)6-17-9-4-3-7(5-8(9)16)12(13,14)15/h3-5,17H,6,16H2,1-2H3,(H,18,19). The van der Waals surface area contributed by atoms with Gasteiger partial charge in [-0.2, -0.15) is 13.2 Å². The van der Waals surface area contributed by atoms with E-state index in [9.17, 15) is 18.0 Å². The second-order valence-electron chi connectivity index (χ2n) is 4.84. The molecule has 0 radical (unpaired) electrons. The van der Waals surface area contributed by atoms with Crippen molar-refractivity contribution in [3.8, 4) is 0 Å². The Morgan fingerprint density at radius 1 is 1.37 bits per heavy atom. The number of hydrogen-bond acceptors (Lipinski definition) is 3. The molecule has 1 aromatic rings. The lowest BCUT2D eigenvalue weighted by atomic mass is 9.94. The summed E-state index contributed by atoms with van der Waals surface area (Å²) in [5.74, 6) is -1.01. The van der Waals surface area contributed by atoms with Crippen LogP contribution in [0.25, 0.3) is 0 Å². The molecular weight excluding hydrogens is 261 g/mol. The Balaban J connectivity index is 2.85. The molecule has 0 spiro atoms. The van der Waals surface area contributed by atoms with E-state index in [1.54, 1.807) is 0 Å². The van der Waals surface area contributed by atoms with Gasteiger partial charge in [-0.1, -0.05) is 0 Å². The number of benzene rings is 1. The third-order valence-electron chi connectivity index (χ3n) is 2.68. The molecule has 4 N–H and O–H groups in total. The van der Waals surface area contributed by atoms with Crippen LogP contribution < -0.4 is 11.1 Å². The highest BCUT2D eigenvalue weighted by molar-refractivity contribution is 5.75. The second-order valence-corrected chi connectivity index (χ2v) is 4.84. The number of anilines is 2. The predicted octanol–water partition coefficient (Wildman–Crippen LogP) is 2.81. The maximum atomic E-state index is 12.4. The highest BCUT2D eigenvalue weighted by Gasteiger charge is 2.31. The molecular formula is C12H15F3N2O2. The number of alkyl halides is 3. The lowest BCUT2D eigenvalue weighted by Gasteiger charge is -2.21. The van der Waals surface area contributed by atoms with Gasteiger partial charge in [0.05, 0.1) is 22.4 Å². The minimum atomic E-state index is -4.45. The van der Waals surface area contributed by atoms with Gasteiger partial charge in [-0.05, 0) is 32.0 Å². The van der Waals surface area contributed by atoms with Crippen molar-refractivity contribution in [3.05, 3.63) is 23.8 Å². The summed E-state index contributed by atoms with van der Waals surface area (Å²) in [5.41, 5.74) is 3.83. The van der Waals surface area contributed by atoms with E-state index >= 15 is 0 Å². The molecule has 1 rings (SSSR count). The Bertz CT molecular complexity index is 484. The molecule has 0 atom stereocenters. The Kier molecular flexibility index (Phi) is 3.97. The maximum absolute atomic E-state index is 12.4. The van der Waals surface area contributed by atoms with Crippen molar-refractivity contribution in [1.82, 2.24) is 0 Å². The minimum absolute atomic E-state index is 0.0535. The average Bonchev–Trinajstić information content (AvgIpc) is 2.25.